The molecule has 96 valence electrons. The number of hydrogen-bond donors (Lipinski definition) is 1. The van der Waals surface area contributed by atoms with Crippen molar-refractivity contribution in [2.75, 3.05) is 5.73 Å². The predicted octanol–water partition coefficient (Wildman–Crippen LogP) is 4.31. The number of aromatic nitrogens is 1. The summed E-state index contributed by atoms with van der Waals surface area (Å²) in [4.78, 5) is 4.74. The second kappa shape index (κ2) is 4.39. The van der Waals surface area contributed by atoms with Crippen LogP contribution in [0.15, 0.2) is 18.2 Å². The number of nitrogens with two attached hydrogens (primary N) is 1. The second-order valence-electron chi connectivity index (χ2n) is 5.80. The average molecular weight is 260 g/mol. The minimum absolute atomic E-state index is 0.0512. The SMILES string of the molecule is Cc1ccc(-c2nc(C(C)(C)C)sc2N)c(C)c1. The van der Waals surface area contributed by atoms with Gasteiger partial charge in [-0.05, 0) is 19.4 Å². The van der Waals surface area contributed by atoms with Gasteiger partial charge in [0, 0.05) is 11.0 Å². The summed E-state index contributed by atoms with van der Waals surface area (Å²) in [6.07, 6.45) is 0. The van der Waals surface area contributed by atoms with E-state index in [-0.39, 0.29) is 5.41 Å². The standard InChI is InChI=1S/C15H20N2S/c1-9-6-7-11(10(2)8-9)12-13(16)18-14(17-12)15(3,4)5/h6-8H,16H2,1-5H3. The monoisotopic (exact) mass is 260 g/mol. The van der Waals surface area contributed by atoms with Crippen LogP contribution in [0.5, 0.6) is 0 Å². The van der Waals surface area contributed by atoms with Crippen LogP contribution in [0.2, 0.25) is 0 Å². The minimum atomic E-state index is 0.0512. The Labute approximate surface area is 113 Å². The van der Waals surface area contributed by atoms with E-state index in [1.54, 1.807) is 11.3 Å². The van der Waals surface area contributed by atoms with E-state index in [0.29, 0.717) is 0 Å². The van der Waals surface area contributed by atoms with Crippen molar-refractivity contribution < 1.29 is 0 Å². The van der Waals surface area contributed by atoms with Gasteiger partial charge in [-0.2, -0.15) is 0 Å². The Balaban J connectivity index is 2.55. The molecule has 2 N–H and O–H groups in total. The first-order valence-corrected chi connectivity index (χ1v) is 6.95. The van der Waals surface area contributed by atoms with Crippen molar-refractivity contribution in [3.05, 3.63) is 34.3 Å². The van der Waals surface area contributed by atoms with E-state index < -0.39 is 0 Å². The molecule has 0 amide bonds. The largest absolute Gasteiger partial charge is 0.389 e. The maximum Gasteiger partial charge on any atom is 0.114 e. The number of anilines is 1. The Kier molecular flexibility index (Phi) is 3.20. The Hall–Kier alpha value is -1.35. The lowest BCUT2D eigenvalue weighted by Crippen LogP contribution is -2.10. The third-order valence-corrected chi connectivity index (χ3v) is 4.24. The summed E-state index contributed by atoms with van der Waals surface area (Å²) < 4.78 is 0. The summed E-state index contributed by atoms with van der Waals surface area (Å²) >= 11 is 1.60. The van der Waals surface area contributed by atoms with Gasteiger partial charge in [-0.3, -0.25) is 0 Å². The van der Waals surface area contributed by atoms with Crippen LogP contribution in [0.25, 0.3) is 11.3 Å². The van der Waals surface area contributed by atoms with Crippen LogP contribution in [-0.2, 0) is 5.41 Å². The lowest BCUT2D eigenvalue weighted by molar-refractivity contribution is 0.586. The van der Waals surface area contributed by atoms with E-state index in [4.69, 9.17) is 10.7 Å². The van der Waals surface area contributed by atoms with Crippen LogP contribution in [-0.4, -0.2) is 4.98 Å². The molecule has 2 nitrogen and oxygen atoms in total. The summed E-state index contributed by atoms with van der Waals surface area (Å²) in [6, 6.07) is 6.39. The van der Waals surface area contributed by atoms with Gasteiger partial charge in [0.25, 0.3) is 0 Å². The Morgan fingerprint density at radius 1 is 1.17 bits per heavy atom. The fourth-order valence-electron chi connectivity index (χ4n) is 1.92. The van der Waals surface area contributed by atoms with Crippen LogP contribution >= 0.6 is 11.3 Å². The van der Waals surface area contributed by atoms with Gasteiger partial charge in [0.05, 0.1) is 0 Å². The van der Waals surface area contributed by atoms with Crippen LogP contribution in [0, 0.1) is 13.8 Å². The topological polar surface area (TPSA) is 38.9 Å². The van der Waals surface area contributed by atoms with E-state index in [9.17, 15) is 0 Å². The van der Waals surface area contributed by atoms with Crippen molar-refractivity contribution in [3.63, 3.8) is 0 Å². The van der Waals surface area contributed by atoms with Crippen molar-refractivity contribution in [1.29, 1.82) is 0 Å². The van der Waals surface area contributed by atoms with Gasteiger partial charge in [-0.25, -0.2) is 4.98 Å². The maximum atomic E-state index is 6.13. The third kappa shape index (κ3) is 2.41. The zero-order valence-electron chi connectivity index (χ0n) is 11.7. The molecule has 1 aromatic carbocycles. The van der Waals surface area contributed by atoms with E-state index in [2.05, 4.69) is 52.8 Å². The third-order valence-electron chi connectivity index (χ3n) is 2.93. The molecule has 1 aromatic heterocycles. The molecule has 0 aliphatic carbocycles. The summed E-state index contributed by atoms with van der Waals surface area (Å²) in [6.45, 7) is 10.7. The molecule has 0 spiro atoms. The number of rotatable bonds is 1. The fraction of sp³-hybridized carbons (Fsp3) is 0.400. The van der Waals surface area contributed by atoms with E-state index in [0.717, 1.165) is 21.3 Å². The molecule has 3 heteroatoms. The van der Waals surface area contributed by atoms with E-state index in [1.165, 1.54) is 11.1 Å². The molecule has 2 aromatic rings. The summed E-state index contributed by atoms with van der Waals surface area (Å²) in [5.74, 6) is 0. The van der Waals surface area contributed by atoms with Crippen molar-refractivity contribution in [2.24, 2.45) is 0 Å². The average Bonchev–Trinajstić information content (AvgIpc) is 2.60. The molecule has 0 unspecified atom stereocenters. The number of nitrogen functional groups attached to an aromatic ring is 1. The van der Waals surface area contributed by atoms with E-state index >= 15 is 0 Å². The van der Waals surface area contributed by atoms with Gasteiger partial charge in [0.15, 0.2) is 0 Å². The number of aryl methyl sites for hydroxylation is 2. The molecule has 0 fully saturated rings. The lowest BCUT2D eigenvalue weighted by atomic mass is 9.98. The number of benzene rings is 1. The molecule has 0 saturated carbocycles. The first-order chi connectivity index (χ1) is 8.29. The predicted molar refractivity (Wildman–Crippen MR) is 80.1 cm³/mol. The molecular formula is C15H20N2S. The molecule has 0 atom stereocenters. The Morgan fingerprint density at radius 3 is 2.33 bits per heavy atom. The molecule has 0 aliphatic rings. The maximum absolute atomic E-state index is 6.13. The molecular weight excluding hydrogens is 240 g/mol. The summed E-state index contributed by atoms with van der Waals surface area (Å²) in [7, 11) is 0. The normalized spacial score (nSPS) is 11.8. The molecule has 2 rings (SSSR count). The smallest absolute Gasteiger partial charge is 0.114 e. The van der Waals surface area contributed by atoms with Gasteiger partial charge in [-0.1, -0.05) is 44.5 Å². The molecule has 18 heavy (non-hydrogen) atoms. The fourth-order valence-corrected chi connectivity index (χ4v) is 2.83. The Morgan fingerprint density at radius 2 is 1.83 bits per heavy atom. The summed E-state index contributed by atoms with van der Waals surface area (Å²) in [5.41, 5.74) is 10.8. The van der Waals surface area contributed by atoms with Gasteiger partial charge >= 0.3 is 0 Å². The van der Waals surface area contributed by atoms with Crippen LogP contribution in [0.4, 0.5) is 5.00 Å². The number of thiazole rings is 1. The minimum Gasteiger partial charge on any atom is -0.389 e. The highest BCUT2D eigenvalue weighted by molar-refractivity contribution is 7.16. The second-order valence-corrected chi connectivity index (χ2v) is 6.83. The highest BCUT2D eigenvalue weighted by Crippen LogP contribution is 2.37. The number of nitrogens with zero attached hydrogens (tertiary/aromatic N) is 1. The summed E-state index contributed by atoms with van der Waals surface area (Å²) in [5, 5.41) is 1.90. The highest BCUT2D eigenvalue weighted by atomic mass is 32.1. The zero-order chi connectivity index (χ0) is 13.5. The van der Waals surface area contributed by atoms with Gasteiger partial charge in [-0.15, -0.1) is 11.3 Å². The van der Waals surface area contributed by atoms with Crippen LogP contribution in [0.1, 0.15) is 36.9 Å². The molecule has 0 radical (unpaired) electrons. The van der Waals surface area contributed by atoms with Crippen LogP contribution < -0.4 is 5.73 Å². The quantitative estimate of drug-likeness (QED) is 0.830. The van der Waals surface area contributed by atoms with Crippen LogP contribution in [0.3, 0.4) is 0 Å². The van der Waals surface area contributed by atoms with Gasteiger partial charge in [0.2, 0.25) is 0 Å². The lowest BCUT2D eigenvalue weighted by Gasteiger charge is -2.13. The highest BCUT2D eigenvalue weighted by Gasteiger charge is 2.21. The molecule has 0 aliphatic heterocycles. The van der Waals surface area contributed by atoms with Gasteiger partial charge in [0.1, 0.15) is 15.7 Å². The number of hydrogen-bond acceptors (Lipinski definition) is 3. The Bertz CT molecular complexity index is 577. The van der Waals surface area contributed by atoms with Crippen molar-refractivity contribution >= 4 is 16.3 Å². The van der Waals surface area contributed by atoms with Gasteiger partial charge < -0.3 is 5.73 Å². The van der Waals surface area contributed by atoms with Crippen molar-refractivity contribution in [2.45, 2.75) is 40.0 Å². The first kappa shape index (κ1) is 13.1. The molecule has 0 bridgehead atoms. The van der Waals surface area contributed by atoms with Crippen molar-refractivity contribution in [3.8, 4) is 11.3 Å². The molecule has 0 saturated heterocycles. The van der Waals surface area contributed by atoms with E-state index in [1.807, 2.05) is 0 Å². The van der Waals surface area contributed by atoms with Crippen molar-refractivity contribution in [1.82, 2.24) is 4.98 Å². The first-order valence-electron chi connectivity index (χ1n) is 6.13. The molecule has 1 heterocycles. The zero-order valence-corrected chi connectivity index (χ0v) is 12.5.